The summed E-state index contributed by atoms with van der Waals surface area (Å²) >= 11 is 0. The molecule has 1 fully saturated rings. The predicted molar refractivity (Wildman–Crippen MR) is 132 cm³/mol. The van der Waals surface area contributed by atoms with Gasteiger partial charge in [0.05, 0.1) is 34.9 Å². The van der Waals surface area contributed by atoms with E-state index in [0.29, 0.717) is 19.1 Å². The van der Waals surface area contributed by atoms with Gasteiger partial charge in [0.25, 0.3) is 5.91 Å². The lowest BCUT2D eigenvalue weighted by Gasteiger charge is -2.36. The minimum absolute atomic E-state index is 0.287. The van der Waals surface area contributed by atoms with Gasteiger partial charge < -0.3 is 24.2 Å². The molecule has 10 nitrogen and oxygen atoms in total. The molecule has 4 heterocycles. The van der Waals surface area contributed by atoms with E-state index in [1.54, 1.807) is 38.1 Å². The van der Waals surface area contributed by atoms with Crippen LogP contribution in [0.15, 0.2) is 55.2 Å². The summed E-state index contributed by atoms with van der Waals surface area (Å²) in [5, 5.41) is 2.99. The number of hydrogen-bond donors (Lipinski definition) is 1. The molecular weight excluding hydrogens is 431 g/mol. The fourth-order valence-electron chi connectivity index (χ4n) is 4.14. The normalized spacial score (nSPS) is 14.4. The highest BCUT2D eigenvalue weighted by Gasteiger charge is 2.21. The Labute approximate surface area is 197 Å². The van der Waals surface area contributed by atoms with E-state index in [4.69, 9.17) is 4.65 Å². The van der Waals surface area contributed by atoms with E-state index in [9.17, 15) is 4.79 Å². The number of benzene rings is 1. The van der Waals surface area contributed by atoms with Crippen LogP contribution in [-0.2, 0) is 11.7 Å². The molecule has 11 heteroatoms. The maximum Gasteiger partial charge on any atom is 0.363 e. The van der Waals surface area contributed by atoms with E-state index in [1.807, 2.05) is 35.9 Å². The summed E-state index contributed by atoms with van der Waals surface area (Å²) in [6, 6.07) is 9.35. The maximum atomic E-state index is 13.1. The van der Waals surface area contributed by atoms with Crippen molar-refractivity contribution in [2.45, 2.75) is 0 Å². The largest absolute Gasteiger partial charge is 0.427 e. The van der Waals surface area contributed by atoms with Crippen LogP contribution >= 0.6 is 0 Å². The molecule has 0 unspecified atom stereocenters. The molecular formula is C23H25BN8O2. The Morgan fingerprint density at radius 3 is 2.76 bits per heavy atom. The van der Waals surface area contributed by atoms with Crippen molar-refractivity contribution >= 4 is 35.9 Å². The number of piperazine rings is 1. The Kier molecular flexibility index (Phi) is 6.19. The number of aromatic nitrogens is 5. The minimum Gasteiger partial charge on any atom is -0.427 e. The van der Waals surface area contributed by atoms with Crippen molar-refractivity contribution < 1.29 is 9.45 Å². The van der Waals surface area contributed by atoms with Crippen molar-refractivity contribution in [1.29, 1.82) is 0 Å². The second kappa shape index (κ2) is 9.58. The molecule has 0 aliphatic carbocycles. The van der Waals surface area contributed by atoms with Crippen molar-refractivity contribution in [3.63, 3.8) is 0 Å². The number of anilines is 2. The zero-order valence-corrected chi connectivity index (χ0v) is 19.2. The van der Waals surface area contributed by atoms with Crippen molar-refractivity contribution in [2.75, 3.05) is 43.5 Å². The first-order valence-electron chi connectivity index (χ1n) is 11.1. The number of aryl methyl sites for hydroxylation is 1. The Bertz CT molecular complexity index is 1320. The van der Waals surface area contributed by atoms with Crippen molar-refractivity contribution in [3.05, 3.63) is 60.9 Å². The topological polar surface area (TPSA) is 101 Å². The molecule has 0 atom stereocenters. The van der Waals surface area contributed by atoms with E-state index in [1.165, 1.54) is 0 Å². The molecule has 34 heavy (non-hydrogen) atoms. The number of rotatable bonds is 6. The van der Waals surface area contributed by atoms with Gasteiger partial charge in [0, 0.05) is 58.3 Å². The SMILES string of the molecule is COBN1CCN(c2ccncc2NC(=O)c2ccnc(-c3ccc4ncn(C)c4c3)n2)CC1. The first kappa shape index (κ1) is 22.0. The molecule has 0 saturated carbocycles. The lowest BCUT2D eigenvalue weighted by molar-refractivity contribution is 0.102. The molecule has 4 aromatic rings. The molecule has 1 amide bonds. The average Bonchev–Trinajstić information content (AvgIpc) is 3.25. The Morgan fingerprint density at radius 1 is 1.09 bits per heavy atom. The molecule has 1 N–H and O–H groups in total. The molecule has 0 spiro atoms. The highest BCUT2D eigenvalue weighted by Crippen LogP contribution is 2.26. The van der Waals surface area contributed by atoms with Crippen molar-refractivity contribution in [2.24, 2.45) is 7.05 Å². The highest BCUT2D eigenvalue weighted by molar-refractivity contribution is 6.23. The molecule has 1 aromatic carbocycles. The first-order chi connectivity index (χ1) is 16.6. The van der Waals surface area contributed by atoms with Crippen molar-refractivity contribution in [3.8, 4) is 11.4 Å². The Balaban J connectivity index is 1.35. The molecule has 0 bridgehead atoms. The smallest absolute Gasteiger partial charge is 0.363 e. The monoisotopic (exact) mass is 456 g/mol. The van der Waals surface area contributed by atoms with Crippen LogP contribution in [-0.4, -0.2) is 76.1 Å². The fraction of sp³-hybridized carbons (Fsp3) is 0.261. The van der Waals surface area contributed by atoms with Crippen LogP contribution in [0.3, 0.4) is 0 Å². The molecule has 3 aromatic heterocycles. The zero-order valence-electron chi connectivity index (χ0n) is 19.2. The summed E-state index contributed by atoms with van der Waals surface area (Å²) < 4.78 is 7.17. The molecule has 1 saturated heterocycles. The number of nitrogens with one attached hydrogen (secondary N) is 1. The van der Waals surface area contributed by atoms with Gasteiger partial charge in [-0.3, -0.25) is 9.78 Å². The van der Waals surface area contributed by atoms with Gasteiger partial charge in [-0.2, -0.15) is 0 Å². The van der Waals surface area contributed by atoms with Crippen LogP contribution in [0.1, 0.15) is 10.5 Å². The molecule has 1 aliphatic rings. The van der Waals surface area contributed by atoms with E-state index in [0.717, 1.165) is 48.5 Å². The average molecular weight is 456 g/mol. The quantitative estimate of drug-likeness (QED) is 0.438. The second-order valence-corrected chi connectivity index (χ2v) is 8.19. The number of amides is 1. The highest BCUT2D eigenvalue weighted by atomic mass is 16.4. The van der Waals surface area contributed by atoms with E-state index in [-0.39, 0.29) is 11.6 Å². The van der Waals surface area contributed by atoms with Gasteiger partial charge in [0.2, 0.25) is 0 Å². The maximum absolute atomic E-state index is 13.1. The molecule has 0 radical (unpaired) electrons. The second-order valence-electron chi connectivity index (χ2n) is 8.19. The van der Waals surface area contributed by atoms with E-state index < -0.39 is 0 Å². The van der Waals surface area contributed by atoms with Crippen LogP contribution in [0.5, 0.6) is 0 Å². The van der Waals surface area contributed by atoms with Crippen LogP contribution in [0.25, 0.3) is 22.4 Å². The third kappa shape index (κ3) is 4.48. The third-order valence-corrected chi connectivity index (χ3v) is 5.94. The molecule has 172 valence electrons. The summed E-state index contributed by atoms with van der Waals surface area (Å²) in [6.45, 7) is 3.45. The Morgan fingerprint density at radius 2 is 1.94 bits per heavy atom. The van der Waals surface area contributed by atoms with Gasteiger partial charge >= 0.3 is 7.62 Å². The predicted octanol–water partition coefficient (Wildman–Crippen LogP) is 1.71. The van der Waals surface area contributed by atoms with Crippen LogP contribution < -0.4 is 10.2 Å². The number of fused-ring (bicyclic) bond motifs is 1. The Hall–Kier alpha value is -3.83. The summed E-state index contributed by atoms with van der Waals surface area (Å²) in [5.74, 6) is 0.175. The first-order valence-corrected chi connectivity index (χ1v) is 11.1. The van der Waals surface area contributed by atoms with Crippen LogP contribution in [0.2, 0.25) is 0 Å². The number of carbonyl (C=O) groups is 1. The number of carbonyl (C=O) groups excluding carboxylic acids is 1. The number of nitrogens with zero attached hydrogens (tertiary/aromatic N) is 7. The summed E-state index contributed by atoms with van der Waals surface area (Å²) in [5.41, 5.74) is 4.57. The number of imidazole rings is 1. The number of hydrogen-bond acceptors (Lipinski definition) is 8. The van der Waals surface area contributed by atoms with Gasteiger partial charge in [-0.05, 0) is 30.3 Å². The molecule has 1 aliphatic heterocycles. The van der Waals surface area contributed by atoms with E-state index in [2.05, 4.69) is 35.0 Å². The standard InChI is InChI=1S/C23H25BN8O2/c1-30-15-27-17-4-3-16(13-21(17)30)22-26-8-5-18(28-22)23(33)29-19-14-25-7-6-20(19)31-9-11-32(12-10-31)24-34-2/h3-8,13-15,24H,9-12H2,1-2H3,(H,29,33). The lowest BCUT2D eigenvalue weighted by Crippen LogP contribution is -2.48. The fourth-order valence-corrected chi connectivity index (χ4v) is 4.14. The lowest BCUT2D eigenvalue weighted by atomic mass is 10.1. The van der Waals surface area contributed by atoms with Gasteiger partial charge in [-0.15, -0.1) is 0 Å². The van der Waals surface area contributed by atoms with Crippen molar-refractivity contribution in [1.82, 2.24) is 29.3 Å². The summed E-state index contributed by atoms with van der Waals surface area (Å²) in [7, 11) is 4.27. The van der Waals surface area contributed by atoms with Gasteiger partial charge in [-0.1, -0.05) is 0 Å². The summed E-state index contributed by atoms with van der Waals surface area (Å²) in [4.78, 5) is 35.1. The summed E-state index contributed by atoms with van der Waals surface area (Å²) in [6.07, 6.45) is 6.78. The third-order valence-electron chi connectivity index (χ3n) is 5.94. The van der Waals surface area contributed by atoms with Crippen LogP contribution in [0, 0.1) is 0 Å². The number of pyridine rings is 1. The van der Waals surface area contributed by atoms with Gasteiger partial charge in [0.15, 0.2) is 5.82 Å². The van der Waals surface area contributed by atoms with Gasteiger partial charge in [-0.25, -0.2) is 15.0 Å². The van der Waals surface area contributed by atoms with E-state index >= 15 is 0 Å². The van der Waals surface area contributed by atoms with Crippen LogP contribution in [0.4, 0.5) is 11.4 Å². The molecule has 5 rings (SSSR count). The minimum atomic E-state index is -0.308. The zero-order chi connectivity index (χ0) is 23.5. The van der Waals surface area contributed by atoms with Gasteiger partial charge in [0.1, 0.15) is 5.69 Å².